The minimum absolute atomic E-state index is 0.329. The second kappa shape index (κ2) is 6.76. The highest BCUT2D eigenvalue weighted by molar-refractivity contribution is 9.10. The second-order valence-electron chi connectivity index (χ2n) is 3.80. The maximum absolute atomic E-state index is 13.1. The standard InChI is InChI=1S/C12H12BrFN4OS/c13-7-3-8(14)5-9(4-7)19-1-2-20-12-17-10(15)6-11(16)18-12/h3-6H,1-2H2,(H4,15,16,17,18). The number of ether oxygens (including phenoxy) is 1. The molecule has 0 aliphatic rings. The molecule has 0 amide bonds. The summed E-state index contributed by atoms with van der Waals surface area (Å²) in [6.45, 7) is 0.388. The van der Waals surface area contributed by atoms with E-state index < -0.39 is 0 Å². The van der Waals surface area contributed by atoms with Gasteiger partial charge in [-0.05, 0) is 12.1 Å². The largest absolute Gasteiger partial charge is 0.493 e. The van der Waals surface area contributed by atoms with E-state index in [9.17, 15) is 4.39 Å². The van der Waals surface area contributed by atoms with Crippen molar-refractivity contribution in [3.05, 3.63) is 34.6 Å². The molecule has 0 saturated heterocycles. The predicted molar refractivity (Wildman–Crippen MR) is 81.2 cm³/mol. The van der Waals surface area contributed by atoms with E-state index in [2.05, 4.69) is 25.9 Å². The lowest BCUT2D eigenvalue weighted by Crippen LogP contribution is -2.03. The number of nitrogens with zero attached hydrogens (tertiary/aromatic N) is 2. The molecule has 1 aromatic heterocycles. The third-order valence-electron chi connectivity index (χ3n) is 2.16. The summed E-state index contributed by atoms with van der Waals surface area (Å²) in [5, 5.41) is 0.492. The van der Waals surface area contributed by atoms with E-state index in [1.54, 1.807) is 6.07 Å². The molecule has 2 rings (SSSR count). The number of benzene rings is 1. The van der Waals surface area contributed by atoms with Crippen molar-refractivity contribution in [2.45, 2.75) is 5.16 Å². The topological polar surface area (TPSA) is 87.1 Å². The van der Waals surface area contributed by atoms with Crippen molar-refractivity contribution in [1.82, 2.24) is 9.97 Å². The SMILES string of the molecule is Nc1cc(N)nc(SCCOc2cc(F)cc(Br)c2)n1. The number of nitrogens with two attached hydrogens (primary N) is 2. The van der Waals surface area contributed by atoms with Gasteiger partial charge in [-0.1, -0.05) is 27.7 Å². The van der Waals surface area contributed by atoms with E-state index in [0.29, 0.717) is 39.4 Å². The monoisotopic (exact) mass is 358 g/mol. The number of hydrogen-bond acceptors (Lipinski definition) is 6. The maximum atomic E-state index is 13.1. The van der Waals surface area contributed by atoms with Crippen LogP contribution in [0.5, 0.6) is 5.75 Å². The minimum Gasteiger partial charge on any atom is -0.493 e. The molecule has 2 aromatic rings. The molecule has 5 nitrogen and oxygen atoms in total. The fourth-order valence-corrected chi connectivity index (χ4v) is 2.56. The van der Waals surface area contributed by atoms with Gasteiger partial charge in [-0.25, -0.2) is 14.4 Å². The molecule has 0 aliphatic heterocycles. The van der Waals surface area contributed by atoms with Gasteiger partial charge in [-0.2, -0.15) is 0 Å². The van der Waals surface area contributed by atoms with Crippen LogP contribution in [0.15, 0.2) is 33.9 Å². The first-order valence-corrected chi connectivity index (χ1v) is 7.42. The van der Waals surface area contributed by atoms with Crippen LogP contribution in [0, 0.1) is 5.82 Å². The number of halogens is 2. The Bertz CT molecular complexity index is 520. The third-order valence-corrected chi connectivity index (χ3v) is 3.43. The summed E-state index contributed by atoms with van der Waals surface area (Å²) in [7, 11) is 0. The highest BCUT2D eigenvalue weighted by atomic mass is 79.9. The Kier molecular flexibility index (Phi) is 5.02. The molecular formula is C12H12BrFN4OS. The number of thioether (sulfide) groups is 1. The summed E-state index contributed by atoms with van der Waals surface area (Å²) >= 11 is 4.57. The van der Waals surface area contributed by atoms with Gasteiger partial charge in [0.2, 0.25) is 0 Å². The van der Waals surface area contributed by atoms with Crippen molar-refractivity contribution in [3.8, 4) is 5.75 Å². The smallest absolute Gasteiger partial charge is 0.191 e. The molecule has 0 radical (unpaired) electrons. The quantitative estimate of drug-likeness (QED) is 0.485. The van der Waals surface area contributed by atoms with Crippen molar-refractivity contribution in [3.63, 3.8) is 0 Å². The molecule has 0 fully saturated rings. The van der Waals surface area contributed by atoms with Gasteiger partial charge < -0.3 is 16.2 Å². The normalized spacial score (nSPS) is 10.5. The Morgan fingerprint density at radius 2 is 1.85 bits per heavy atom. The van der Waals surface area contributed by atoms with Gasteiger partial charge in [0, 0.05) is 22.4 Å². The fourth-order valence-electron chi connectivity index (χ4n) is 1.43. The van der Waals surface area contributed by atoms with E-state index >= 15 is 0 Å². The van der Waals surface area contributed by atoms with Crippen LogP contribution in [-0.4, -0.2) is 22.3 Å². The number of nitrogen functional groups attached to an aromatic ring is 2. The number of hydrogen-bond donors (Lipinski definition) is 2. The van der Waals surface area contributed by atoms with Crippen LogP contribution in [-0.2, 0) is 0 Å². The molecule has 0 bridgehead atoms. The molecule has 4 N–H and O–H groups in total. The average Bonchev–Trinajstić information content (AvgIpc) is 2.32. The fraction of sp³-hybridized carbons (Fsp3) is 0.167. The molecule has 0 saturated carbocycles. The summed E-state index contributed by atoms with van der Waals surface area (Å²) in [5.74, 6) is 1.36. The van der Waals surface area contributed by atoms with Gasteiger partial charge in [0.1, 0.15) is 23.2 Å². The van der Waals surface area contributed by atoms with E-state index in [-0.39, 0.29) is 5.82 Å². The zero-order valence-corrected chi connectivity index (χ0v) is 12.7. The average molecular weight is 359 g/mol. The lowest BCUT2D eigenvalue weighted by Gasteiger charge is -2.06. The lowest BCUT2D eigenvalue weighted by molar-refractivity contribution is 0.341. The van der Waals surface area contributed by atoms with Crippen LogP contribution in [0.3, 0.4) is 0 Å². The molecule has 8 heteroatoms. The Labute approximate surface area is 128 Å². The van der Waals surface area contributed by atoms with Gasteiger partial charge >= 0.3 is 0 Å². The van der Waals surface area contributed by atoms with Gasteiger partial charge in [-0.3, -0.25) is 0 Å². The molecule has 0 aliphatic carbocycles. The second-order valence-corrected chi connectivity index (χ2v) is 5.78. The zero-order chi connectivity index (χ0) is 14.5. The molecule has 106 valence electrons. The van der Waals surface area contributed by atoms with Crippen molar-refractivity contribution in [2.75, 3.05) is 23.8 Å². The molecular weight excluding hydrogens is 347 g/mol. The predicted octanol–water partition coefficient (Wildman–Crippen LogP) is 2.71. The van der Waals surface area contributed by atoms with Crippen molar-refractivity contribution in [2.24, 2.45) is 0 Å². The zero-order valence-electron chi connectivity index (χ0n) is 10.3. The number of aromatic nitrogens is 2. The molecule has 20 heavy (non-hydrogen) atoms. The van der Waals surface area contributed by atoms with Crippen LogP contribution in [0.1, 0.15) is 0 Å². The first-order chi connectivity index (χ1) is 9.52. The lowest BCUT2D eigenvalue weighted by atomic mass is 10.3. The summed E-state index contributed by atoms with van der Waals surface area (Å²) in [6.07, 6.45) is 0. The first-order valence-electron chi connectivity index (χ1n) is 5.64. The number of anilines is 2. The van der Waals surface area contributed by atoms with Crippen molar-refractivity contribution < 1.29 is 9.13 Å². The van der Waals surface area contributed by atoms with Crippen LogP contribution in [0.4, 0.5) is 16.0 Å². The minimum atomic E-state index is -0.353. The van der Waals surface area contributed by atoms with E-state index in [1.165, 1.54) is 30.0 Å². The first kappa shape index (κ1) is 14.9. The van der Waals surface area contributed by atoms with Gasteiger partial charge in [-0.15, -0.1) is 0 Å². The van der Waals surface area contributed by atoms with Crippen LogP contribution < -0.4 is 16.2 Å². The van der Waals surface area contributed by atoms with Crippen molar-refractivity contribution in [1.29, 1.82) is 0 Å². The van der Waals surface area contributed by atoms with Gasteiger partial charge in [0.15, 0.2) is 5.16 Å². The van der Waals surface area contributed by atoms with Crippen LogP contribution in [0.2, 0.25) is 0 Å². The molecule has 0 spiro atoms. The van der Waals surface area contributed by atoms with Crippen LogP contribution in [0.25, 0.3) is 0 Å². The summed E-state index contributed by atoms with van der Waals surface area (Å²) in [5.41, 5.74) is 11.1. The van der Waals surface area contributed by atoms with E-state index in [0.717, 1.165) is 0 Å². The summed E-state index contributed by atoms with van der Waals surface area (Å²) < 4.78 is 19.2. The summed E-state index contributed by atoms with van der Waals surface area (Å²) in [6, 6.07) is 5.88. The Morgan fingerprint density at radius 1 is 1.15 bits per heavy atom. The Balaban J connectivity index is 1.84. The molecule has 1 aromatic carbocycles. The van der Waals surface area contributed by atoms with Gasteiger partial charge in [0.25, 0.3) is 0 Å². The Hall–Kier alpha value is -1.54. The highest BCUT2D eigenvalue weighted by Gasteiger charge is 2.03. The van der Waals surface area contributed by atoms with Gasteiger partial charge in [0.05, 0.1) is 6.61 Å². The third kappa shape index (κ3) is 4.53. The Morgan fingerprint density at radius 3 is 2.50 bits per heavy atom. The molecule has 0 atom stereocenters. The highest BCUT2D eigenvalue weighted by Crippen LogP contribution is 2.21. The number of rotatable bonds is 5. The summed E-state index contributed by atoms with van der Waals surface area (Å²) in [4.78, 5) is 8.07. The van der Waals surface area contributed by atoms with Crippen LogP contribution >= 0.6 is 27.7 Å². The van der Waals surface area contributed by atoms with E-state index in [1.807, 2.05) is 0 Å². The van der Waals surface area contributed by atoms with Crippen molar-refractivity contribution >= 4 is 39.3 Å². The maximum Gasteiger partial charge on any atom is 0.191 e. The molecule has 0 unspecified atom stereocenters. The van der Waals surface area contributed by atoms with E-state index in [4.69, 9.17) is 16.2 Å². The molecule has 1 heterocycles.